The Kier molecular flexibility index (Phi) is 5.29. The van der Waals surface area contributed by atoms with Crippen LogP contribution in [0.4, 0.5) is 11.9 Å². The van der Waals surface area contributed by atoms with E-state index in [0.29, 0.717) is 18.4 Å². The largest absolute Gasteiger partial charge is 0.461 e. The van der Waals surface area contributed by atoms with Crippen molar-refractivity contribution in [1.29, 1.82) is 0 Å². The molecule has 0 saturated carbocycles. The van der Waals surface area contributed by atoms with Crippen LogP contribution in [0.2, 0.25) is 0 Å². The van der Waals surface area contributed by atoms with Crippen molar-refractivity contribution in [2.45, 2.75) is 46.3 Å². The summed E-state index contributed by atoms with van der Waals surface area (Å²) in [5.74, 6) is 0.824. The number of rotatable bonds is 7. The van der Waals surface area contributed by atoms with E-state index in [1.54, 1.807) is 0 Å². The van der Waals surface area contributed by atoms with Gasteiger partial charge >= 0.3 is 6.01 Å². The molecule has 108 valence electrons. The Morgan fingerprint density at radius 3 is 2.37 bits per heavy atom. The van der Waals surface area contributed by atoms with E-state index < -0.39 is 5.54 Å². The highest BCUT2D eigenvalue weighted by atomic mass is 16.5. The predicted octanol–water partition coefficient (Wildman–Crippen LogP) is 1.27. The quantitative estimate of drug-likeness (QED) is 0.686. The topological polar surface area (TPSA) is 92.2 Å². The molecule has 0 aliphatic rings. The first-order valence-corrected chi connectivity index (χ1v) is 6.42. The molecule has 3 N–H and O–H groups in total. The number of anilines is 2. The van der Waals surface area contributed by atoms with Crippen molar-refractivity contribution in [3.8, 4) is 6.01 Å². The van der Waals surface area contributed by atoms with Crippen LogP contribution in [0.25, 0.3) is 0 Å². The number of aliphatic hydroxyl groups excluding tert-OH is 1. The van der Waals surface area contributed by atoms with Crippen LogP contribution in [0.15, 0.2) is 0 Å². The Balaban J connectivity index is 2.98. The third-order valence-electron chi connectivity index (χ3n) is 2.14. The number of aliphatic hydroxyl groups is 1. The first kappa shape index (κ1) is 15.4. The van der Waals surface area contributed by atoms with Crippen molar-refractivity contribution < 1.29 is 9.84 Å². The molecule has 0 atom stereocenters. The molecule has 7 nitrogen and oxygen atoms in total. The number of nitrogens with zero attached hydrogens (tertiary/aromatic N) is 3. The monoisotopic (exact) mass is 269 g/mol. The van der Waals surface area contributed by atoms with E-state index in [9.17, 15) is 5.11 Å². The van der Waals surface area contributed by atoms with Crippen LogP contribution in [-0.2, 0) is 0 Å². The standard InChI is InChI=1S/C12H23N5O2/c1-6-13-9-14-10(17-12(4,5)7-18)16-11(15-9)19-8(2)3/h8,18H,6-7H2,1-5H3,(H2,13,14,15,16,17). The molecule has 1 aromatic rings. The fourth-order valence-corrected chi connectivity index (χ4v) is 1.26. The maximum Gasteiger partial charge on any atom is 0.323 e. The van der Waals surface area contributed by atoms with Crippen molar-refractivity contribution in [3.05, 3.63) is 0 Å². The van der Waals surface area contributed by atoms with Gasteiger partial charge in [0.2, 0.25) is 11.9 Å². The van der Waals surface area contributed by atoms with Crippen molar-refractivity contribution >= 4 is 11.9 Å². The summed E-state index contributed by atoms with van der Waals surface area (Å²) < 4.78 is 5.49. The maximum absolute atomic E-state index is 9.26. The van der Waals surface area contributed by atoms with Gasteiger partial charge in [0.15, 0.2) is 0 Å². The molecule has 0 fully saturated rings. The summed E-state index contributed by atoms with van der Waals surface area (Å²) in [6.45, 7) is 10.1. The molecule has 0 unspecified atom stereocenters. The normalized spacial score (nSPS) is 11.5. The van der Waals surface area contributed by atoms with E-state index in [1.165, 1.54) is 0 Å². The predicted molar refractivity (Wildman–Crippen MR) is 74.5 cm³/mol. The van der Waals surface area contributed by atoms with E-state index in [-0.39, 0.29) is 18.7 Å². The zero-order valence-corrected chi connectivity index (χ0v) is 12.2. The van der Waals surface area contributed by atoms with Gasteiger partial charge in [-0.05, 0) is 34.6 Å². The highest BCUT2D eigenvalue weighted by Gasteiger charge is 2.19. The summed E-state index contributed by atoms with van der Waals surface area (Å²) in [5, 5.41) is 15.3. The minimum Gasteiger partial charge on any atom is -0.461 e. The van der Waals surface area contributed by atoms with Crippen LogP contribution in [-0.4, -0.2) is 44.9 Å². The van der Waals surface area contributed by atoms with Gasteiger partial charge in [-0.3, -0.25) is 0 Å². The summed E-state index contributed by atoms with van der Waals surface area (Å²) in [5.41, 5.74) is -0.514. The van der Waals surface area contributed by atoms with Crippen LogP contribution in [0.5, 0.6) is 6.01 Å². The summed E-state index contributed by atoms with van der Waals surface area (Å²) in [7, 11) is 0. The lowest BCUT2D eigenvalue weighted by atomic mass is 10.1. The smallest absolute Gasteiger partial charge is 0.323 e. The summed E-state index contributed by atoms with van der Waals surface area (Å²) in [6, 6.07) is 0.261. The number of aromatic nitrogens is 3. The number of nitrogens with one attached hydrogen (secondary N) is 2. The lowest BCUT2D eigenvalue weighted by Crippen LogP contribution is -2.36. The van der Waals surface area contributed by atoms with Gasteiger partial charge in [-0.1, -0.05) is 0 Å². The lowest BCUT2D eigenvalue weighted by Gasteiger charge is -2.23. The molecule has 0 aromatic carbocycles. The van der Waals surface area contributed by atoms with Crippen molar-refractivity contribution in [3.63, 3.8) is 0 Å². The molecule has 0 saturated heterocycles. The molecular weight excluding hydrogens is 246 g/mol. The summed E-state index contributed by atoms with van der Waals surface area (Å²) >= 11 is 0. The lowest BCUT2D eigenvalue weighted by molar-refractivity contribution is 0.220. The first-order chi connectivity index (χ1) is 8.86. The van der Waals surface area contributed by atoms with Gasteiger partial charge in [0, 0.05) is 6.54 Å². The molecule has 7 heteroatoms. The minimum atomic E-state index is -0.514. The molecule has 1 heterocycles. The van der Waals surface area contributed by atoms with Gasteiger partial charge < -0.3 is 20.5 Å². The maximum atomic E-state index is 9.26. The van der Waals surface area contributed by atoms with Crippen LogP contribution in [0, 0.1) is 0 Å². The van der Waals surface area contributed by atoms with Gasteiger partial charge in [0.05, 0.1) is 18.2 Å². The number of ether oxygens (including phenoxy) is 1. The molecule has 19 heavy (non-hydrogen) atoms. The van der Waals surface area contributed by atoms with Gasteiger partial charge in [-0.2, -0.15) is 15.0 Å². The molecule has 1 rings (SSSR count). The van der Waals surface area contributed by atoms with Gasteiger partial charge in [-0.25, -0.2) is 0 Å². The summed E-state index contributed by atoms with van der Waals surface area (Å²) in [4.78, 5) is 12.6. The molecule has 0 radical (unpaired) electrons. The second kappa shape index (κ2) is 6.51. The second-order valence-electron chi connectivity index (χ2n) is 5.13. The zero-order chi connectivity index (χ0) is 14.5. The first-order valence-electron chi connectivity index (χ1n) is 6.42. The van der Waals surface area contributed by atoms with E-state index in [1.807, 2.05) is 34.6 Å². The Hall–Kier alpha value is -1.63. The van der Waals surface area contributed by atoms with Crippen LogP contribution in [0.1, 0.15) is 34.6 Å². The van der Waals surface area contributed by atoms with Gasteiger partial charge in [0.25, 0.3) is 0 Å². The Morgan fingerprint density at radius 1 is 1.21 bits per heavy atom. The van der Waals surface area contributed by atoms with Crippen LogP contribution in [0.3, 0.4) is 0 Å². The highest BCUT2D eigenvalue weighted by molar-refractivity contribution is 5.37. The molecule has 0 aliphatic heterocycles. The highest BCUT2D eigenvalue weighted by Crippen LogP contribution is 2.16. The van der Waals surface area contributed by atoms with E-state index in [4.69, 9.17) is 4.74 Å². The van der Waals surface area contributed by atoms with E-state index >= 15 is 0 Å². The molecule has 0 amide bonds. The average molecular weight is 269 g/mol. The minimum absolute atomic E-state index is 0.0180. The van der Waals surface area contributed by atoms with E-state index in [2.05, 4.69) is 25.6 Å². The molecule has 1 aromatic heterocycles. The SMILES string of the molecule is CCNc1nc(NC(C)(C)CO)nc(OC(C)C)n1. The van der Waals surface area contributed by atoms with Crippen LogP contribution < -0.4 is 15.4 Å². The molecule has 0 spiro atoms. The summed E-state index contributed by atoms with van der Waals surface area (Å²) in [6.07, 6.45) is -0.0180. The van der Waals surface area contributed by atoms with Gasteiger partial charge in [-0.15, -0.1) is 0 Å². The van der Waals surface area contributed by atoms with Crippen LogP contribution >= 0.6 is 0 Å². The van der Waals surface area contributed by atoms with Gasteiger partial charge in [0.1, 0.15) is 0 Å². The number of hydrogen-bond donors (Lipinski definition) is 3. The second-order valence-corrected chi connectivity index (χ2v) is 5.13. The Morgan fingerprint density at radius 2 is 1.84 bits per heavy atom. The third-order valence-corrected chi connectivity index (χ3v) is 2.14. The Bertz CT molecular complexity index is 409. The molecule has 0 aliphatic carbocycles. The average Bonchev–Trinajstić information content (AvgIpc) is 2.27. The van der Waals surface area contributed by atoms with E-state index in [0.717, 1.165) is 0 Å². The zero-order valence-electron chi connectivity index (χ0n) is 12.2. The number of hydrogen-bond acceptors (Lipinski definition) is 7. The fraction of sp³-hybridized carbons (Fsp3) is 0.750. The van der Waals surface area contributed by atoms with Crippen molar-refractivity contribution in [2.75, 3.05) is 23.8 Å². The Labute approximate surface area is 113 Å². The van der Waals surface area contributed by atoms with Crippen molar-refractivity contribution in [1.82, 2.24) is 15.0 Å². The molecule has 0 bridgehead atoms. The third kappa shape index (κ3) is 5.25. The molecular formula is C12H23N5O2. The fourth-order valence-electron chi connectivity index (χ4n) is 1.26. The van der Waals surface area contributed by atoms with Crippen molar-refractivity contribution in [2.24, 2.45) is 0 Å².